The van der Waals surface area contributed by atoms with Gasteiger partial charge in [0.1, 0.15) is 5.82 Å². The maximum Gasteiger partial charge on any atom is 0.281 e. The monoisotopic (exact) mass is 418 g/mol. The van der Waals surface area contributed by atoms with Gasteiger partial charge in [0, 0.05) is 24.2 Å². The zero-order valence-corrected chi connectivity index (χ0v) is 17.7. The van der Waals surface area contributed by atoms with Crippen molar-refractivity contribution in [3.05, 3.63) is 48.9 Å². The summed E-state index contributed by atoms with van der Waals surface area (Å²) in [7, 11) is 1.62. The minimum Gasteiger partial charge on any atom is -0.383 e. The Morgan fingerprint density at radius 2 is 1.96 bits per heavy atom. The van der Waals surface area contributed by atoms with Crippen molar-refractivity contribution in [2.75, 3.05) is 13.7 Å². The van der Waals surface area contributed by atoms with Crippen LogP contribution < -0.4 is 4.80 Å². The van der Waals surface area contributed by atoms with Gasteiger partial charge in [0.25, 0.3) is 5.91 Å². The molecule has 0 radical (unpaired) electrons. The van der Waals surface area contributed by atoms with Gasteiger partial charge in [-0.15, -0.1) is 11.3 Å². The number of halogens is 3. The van der Waals surface area contributed by atoms with Gasteiger partial charge < -0.3 is 9.30 Å². The third kappa shape index (κ3) is 4.55. The summed E-state index contributed by atoms with van der Waals surface area (Å²) < 4.78 is 20.8. The lowest BCUT2D eigenvalue weighted by Crippen LogP contribution is -2.21. The second kappa shape index (κ2) is 8.21. The van der Waals surface area contributed by atoms with E-state index in [1.165, 1.54) is 17.4 Å². The second-order valence-corrected chi connectivity index (χ2v) is 8.65. The van der Waals surface area contributed by atoms with E-state index < -0.39 is 11.7 Å². The van der Waals surface area contributed by atoms with Crippen molar-refractivity contribution in [2.24, 2.45) is 4.99 Å². The van der Waals surface area contributed by atoms with Gasteiger partial charge >= 0.3 is 0 Å². The minimum atomic E-state index is -0.709. The number of rotatable bonds is 4. The summed E-state index contributed by atoms with van der Waals surface area (Å²) in [6.45, 7) is 9.34. The number of thiazole rings is 1. The fourth-order valence-electron chi connectivity index (χ4n) is 2.54. The Morgan fingerprint density at radius 1 is 1.31 bits per heavy atom. The molecule has 4 nitrogen and oxygen atoms in total. The maximum atomic E-state index is 13.7. The van der Waals surface area contributed by atoms with Crippen LogP contribution in [-0.4, -0.2) is 24.2 Å². The number of methoxy groups -OCH3 is 1. The Balaban J connectivity index is 2.59. The zero-order chi connectivity index (χ0) is 19.6. The number of ether oxygens (including phenoxy) is 1. The lowest BCUT2D eigenvalue weighted by atomic mass is 9.93. The lowest BCUT2D eigenvalue weighted by Gasteiger charge is -2.17. The van der Waals surface area contributed by atoms with Gasteiger partial charge in [-0.3, -0.25) is 4.79 Å². The van der Waals surface area contributed by atoms with Crippen molar-refractivity contribution >= 4 is 40.4 Å². The van der Waals surface area contributed by atoms with Crippen LogP contribution in [0.1, 0.15) is 41.7 Å². The van der Waals surface area contributed by atoms with Crippen LogP contribution in [0, 0.1) is 12.7 Å². The van der Waals surface area contributed by atoms with Crippen molar-refractivity contribution in [2.45, 2.75) is 39.7 Å². The van der Waals surface area contributed by atoms with Gasteiger partial charge in [-0.2, -0.15) is 4.99 Å². The van der Waals surface area contributed by atoms with E-state index in [4.69, 9.17) is 27.9 Å². The van der Waals surface area contributed by atoms with Crippen molar-refractivity contribution < 1.29 is 13.9 Å². The summed E-state index contributed by atoms with van der Waals surface area (Å²) in [5, 5.41) is -0.0680. The van der Waals surface area contributed by atoms with Crippen LogP contribution >= 0.6 is 34.5 Å². The number of aromatic nitrogens is 1. The van der Waals surface area contributed by atoms with Crippen molar-refractivity contribution in [1.29, 1.82) is 0 Å². The molecular weight excluding hydrogens is 398 g/mol. The first-order valence-electron chi connectivity index (χ1n) is 7.99. The zero-order valence-electron chi connectivity index (χ0n) is 15.3. The second-order valence-electron chi connectivity index (χ2n) is 6.86. The number of carbonyl (C=O) groups is 1. The highest BCUT2D eigenvalue weighted by Gasteiger charge is 2.22. The average Bonchev–Trinajstić information content (AvgIpc) is 2.84. The number of nitrogens with zero attached hydrogens (tertiary/aromatic N) is 2. The van der Waals surface area contributed by atoms with Gasteiger partial charge in [-0.1, -0.05) is 44.0 Å². The summed E-state index contributed by atoms with van der Waals surface area (Å²) >= 11 is 13.2. The molecule has 1 aromatic carbocycles. The molecule has 8 heteroatoms. The number of benzene rings is 1. The molecule has 26 heavy (non-hydrogen) atoms. The van der Waals surface area contributed by atoms with E-state index in [1.54, 1.807) is 7.11 Å². The molecule has 1 heterocycles. The fraction of sp³-hybridized carbons (Fsp3) is 0.444. The van der Waals surface area contributed by atoms with Crippen molar-refractivity contribution in [1.82, 2.24) is 4.57 Å². The lowest BCUT2D eigenvalue weighted by molar-refractivity contribution is 0.0997. The largest absolute Gasteiger partial charge is 0.383 e. The molecule has 0 saturated carbocycles. The first kappa shape index (κ1) is 21.1. The highest BCUT2D eigenvalue weighted by atomic mass is 35.5. The Bertz CT molecular complexity index is 898. The van der Waals surface area contributed by atoms with Crippen LogP contribution in [0.4, 0.5) is 4.39 Å². The molecule has 0 spiro atoms. The molecule has 1 amide bonds. The fourth-order valence-corrected chi connectivity index (χ4v) is 4.22. The predicted molar refractivity (Wildman–Crippen MR) is 104 cm³/mol. The maximum absolute atomic E-state index is 13.7. The SMILES string of the molecule is COCCn1c(C)c(C(C)(C)C)sc1=NC(=O)c1cc(F)c(Cl)cc1Cl. The molecule has 0 unspecified atom stereocenters. The standard InChI is InChI=1S/C18H21Cl2FN2O2S/c1-10-15(18(2,3)4)26-17(23(10)6-7-25-5)22-16(24)11-8-14(21)13(20)9-12(11)19/h8-9H,6-7H2,1-5H3. The molecule has 0 aliphatic heterocycles. The van der Waals surface area contributed by atoms with E-state index >= 15 is 0 Å². The molecule has 2 rings (SSSR count). The van der Waals surface area contributed by atoms with E-state index in [0.717, 1.165) is 16.6 Å². The third-order valence-corrected chi connectivity index (χ3v) is 6.00. The van der Waals surface area contributed by atoms with Gasteiger partial charge in [-0.05, 0) is 24.5 Å². The molecule has 0 bridgehead atoms. The van der Waals surface area contributed by atoms with E-state index in [9.17, 15) is 9.18 Å². The van der Waals surface area contributed by atoms with Gasteiger partial charge in [0.2, 0.25) is 0 Å². The van der Waals surface area contributed by atoms with Crippen LogP contribution in [0.3, 0.4) is 0 Å². The van der Waals surface area contributed by atoms with E-state index in [1.807, 2.05) is 11.5 Å². The van der Waals surface area contributed by atoms with E-state index in [2.05, 4.69) is 25.8 Å². The highest BCUT2D eigenvalue weighted by Crippen LogP contribution is 2.29. The normalized spacial score (nSPS) is 12.7. The van der Waals surface area contributed by atoms with Gasteiger partial charge in [0.05, 0.1) is 22.2 Å². The quantitative estimate of drug-likeness (QED) is 0.656. The summed E-state index contributed by atoms with van der Waals surface area (Å²) in [6, 6.07) is 2.22. The number of amides is 1. The van der Waals surface area contributed by atoms with Crippen molar-refractivity contribution in [3.8, 4) is 0 Å². The summed E-state index contributed by atoms with van der Waals surface area (Å²) in [4.78, 5) is 18.4. The Hall–Kier alpha value is -1.21. The third-order valence-electron chi connectivity index (χ3n) is 3.80. The Labute approximate surface area is 166 Å². The Morgan fingerprint density at radius 3 is 2.54 bits per heavy atom. The minimum absolute atomic E-state index is 0.0183. The van der Waals surface area contributed by atoms with Crippen LogP contribution in [-0.2, 0) is 16.7 Å². The molecule has 0 N–H and O–H groups in total. The molecule has 1 aromatic heterocycles. The summed E-state index contributed by atoms with van der Waals surface area (Å²) in [6.07, 6.45) is 0. The van der Waals surface area contributed by atoms with Crippen LogP contribution in [0.2, 0.25) is 10.0 Å². The van der Waals surface area contributed by atoms with Gasteiger partial charge in [-0.25, -0.2) is 4.39 Å². The molecule has 0 aliphatic rings. The first-order chi connectivity index (χ1) is 12.1. The molecular formula is C18H21Cl2FN2O2S. The van der Waals surface area contributed by atoms with Crippen LogP contribution in [0.25, 0.3) is 0 Å². The topological polar surface area (TPSA) is 43.6 Å². The highest BCUT2D eigenvalue weighted by molar-refractivity contribution is 7.09. The Kier molecular flexibility index (Phi) is 6.66. The molecule has 0 fully saturated rings. The number of hydrogen-bond acceptors (Lipinski definition) is 3. The number of carbonyl (C=O) groups excluding carboxylic acids is 1. The summed E-state index contributed by atoms with van der Waals surface area (Å²) in [5.41, 5.74) is 0.916. The van der Waals surface area contributed by atoms with E-state index in [-0.39, 0.29) is 21.0 Å². The van der Waals surface area contributed by atoms with Crippen LogP contribution in [0.5, 0.6) is 0 Å². The predicted octanol–water partition coefficient (Wildman–Crippen LogP) is 4.99. The van der Waals surface area contributed by atoms with Gasteiger partial charge in [0.15, 0.2) is 4.80 Å². The molecule has 2 aromatic rings. The van der Waals surface area contributed by atoms with Crippen molar-refractivity contribution in [3.63, 3.8) is 0 Å². The molecule has 0 atom stereocenters. The average molecular weight is 419 g/mol. The molecule has 0 saturated heterocycles. The molecule has 0 aliphatic carbocycles. The summed E-state index contributed by atoms with van der Waals surface area (Å²) in [5.74, 6) is -1.32. The number of hydrogen-bond donors (Lipinski definition) is 0. The van der Waals surface area contributed by atoms with Crippen LogP contribution in [0.15, 0.2) is 17.1 Å². The molecule has 142 valence electrons. The smallest absolute Gasteiger partial charge is 0.281 e. The van der Waals surface area contributed by atoms with E-state index in [0.29, 0.717) is 18.0 Å². The first-order valence-corrected chi connectivity index (χ1v) is 9.56.